The summed E-state index contributed by atoms with van der Waals surface area (Å²) in [6.45, 7) is 0.950. The van der Waals surface area contributed by atoms with Crippen LogP contribution in [0.25, 0.3) is 0 Å². The zero-order chi connectivity index (χ0) is 13.9. The molecule has 0 aromatic heterocycles. The lowest BCUT2D eigenvalue weighted by molar-refractivity contribution is 0.0374. The van der Waals surface area contributed by atoms with Crippen LogP contribution in [0.4, 0.5) is 0 Å². The van der Waals surface area contributed by atoms with E-state index in [-0.39, 0.29) is 0 Å². The second-order valence-corrected chi connectivity index (χ2v) is 6.05. The first-order valence-electron chi connectivity index (χ1n) is 7.60. The maximum absolute atomic E-state index is 9.59. The SMILES string of the molecule is COC1CCC2C(Cc3cccc(O)c3)=NCCC2C1. The van der Waals surface area contributed by atoms with E-state index in [9.17, 15) is 5.11 Å². The van der Waals surface area contributed by atoms with Crippen LogP contribution in [0.2, 0.25) is 0 Å². The van der Waals surface area contributed by atoms with Gasteiger partial charge < -0.3 is 9.84 Å². The third-order valence-corrected chi connectivity index (χ3v) is 4.81. The van der Waals surface area contributed by atoms with E-state index >= 15 is 0 Å². The molecule has 1 N–H and O–H groups in total. The van der Waals surface area contributed by atoms with Gasteiger partial charge >= 0.3 is 0 Å². The van der Waals surface area contributed by atoms with Crippen molar-refractivity contribution < 1.29 is 9.84 Å². The van der Waals surface area contributed by atoms with Crippen molar-refractivity contribution in [1.82, 2.24) is 0 Å². The quantitative estimate of drug-likeness (QED) is 0.918. The summed E-state index contributed by atoms with van der Waals surface area (Å²) >= 11 is 0. The van der Waals surface area contributed by atoms with Gasteiger partial charge in [0.25, 0.3) is 0 Å². The highest BCUT2D eigenvalue weighted by Gasteiger charge is 2.35. The fourth-order valence-electron chi connectivity index (χ4n) is 3.75. The molecule has 1 aliphatic carbocycles. The molecule has 0 amide bonds. The average molecular weight is 273 g/mol. The highest BCUT2D eigenvalue weighted by molar-refractivity contribution is 5.89. The smallest absolute Gasteiger partial charge is 0.115 e. The number of nitrogens with zero attached hydrogens (tertiary/aromatic N) is 1. The van der Waals surface area contributed by atoms with Crippen LogP contribution >= 0.6 is 0 Å². The van der Waals surface area contributed by atoms with Crippen molar-refractivity contribution in [2.75, 3.05) is 13.7 Å². The molecule has 3 unspecified atom stereocenters. The number of phenols is 1. The molecule has 3 rings (SSSR count). The fraction of sp³-hybridized carbons (Fsp3) is 0.588. The molecule has 3 nitrogen and oxygen atoms in total. The second kappa shape index (κ2) is 5.96. The van der Waals surface area contributed by atoms with E-state index in [0.29, 0.717) is 17.8 Å². The van der Waals surface area contributed by atoms with Crippen LogP contribution in [-0.4, -0.2) is 30.6 Å². The number of aromatic hydroxyl groups is 1. The lowest BCUT2D eigenvalue weighted by atomic mass is 9.71. The average Bonchev–Trinajstić information content (AvgIpc) is 2.47. The summed E-state index contributed by atoms with van der Waals surface area (Å²) in [7, 11) is 1.83. The number of methoxy groups -OCH3 is 1. The molecular weight excluding hydrogens is 250 g/mol. The van der Waals surface area contributed by atoms with Gasteiger partial charge in [-0.25, -0.2) is 0 Å². The Morgan fingerprint density at radius 3 is 3.00 bits per heavy atom. The Morgan fingerprint density at radius 1 is 1.30 bits per heavy atom. The molecule has 1 aromatic rings. The highest BCUT2D eigenvalue weighted by atomic mass is 16.5. The Morgan fingerprint density at radius 2 is 2.20 bits per heavy atom. The summed E-state index contributed by atoms with van der Waals surface area (Å²) in [6, 6.07) is 7.56. The van der Waals surface area contributed by atoms with Crippen molar-refractivity contribution in [3.63, 3.8) is 0 Å². The van der Waals surface area contributed by atoms with Crippen molar-refractivity contribution in [2.45, 2.75) is 38.2 Å². The number of benzene rings is 1. The third-order valence-electron chi connectivity index (χ3n) is 4.81. The van der Waals surface area contributed by atoms with Gasteiger partial charge in [0.15, 0.2) is 0 Å². The van der Waals surface area contributed by atoms with Crippen LogP contribution in [0.5, 0.6) is 5.75 Å². The summed E-state index contributed by atoms with van der Waals surface area (Å²) in [4.78, 5) is 4.78. The van der Waals surface area contributed by atoms with Gasteiger partial charge in [0.1, 0.15) is 5.75 Å². The van der Waals surface area contributed by atoms with Gasteiger partial charge in [-0.3, -0.25) is 4.99 Å². The Labute approximate surface area is 120 Å². The molecule has 1 aromatic carbocycles. The Hall–Kier alpha value is -1.35. The second-order valence-electron chi connectivity index (χ2n) is 6.05. The van der Waals surface area contributed by atoms with Crippen LogP contribution in [0.15, 0.2) is 29.3 Å². The molecule has 3 atom stereocenters. The first-order valence-corrected chi connectivity index (χ1v) is 7.60. The van der Waals surface area contributed by atoms with Crippen LogP contribution < -0.4 is 0 Å². The van der Waals surface area contributed by atoms with Crippen molar-refractivity contribution in [3.8, 4) is 5.75 Å². The maximum atomic E-state index is 9.59. The van der Waals surface area contributed by atoms with Crippen molar-refractivity contribution in [1.29, 1.82) is 0 Å². The van der Waals surface area contributed by atoms with Crippen LogP contribution in [0, 0.1) is 11.8 Å². The number of fused-ring (bicyclic) bond motifs is 1. The molecule has 2 aliphatic rings. The lowest BCUT2D eigenvalue weighted by Crippen LogP contribution is -2.37. The van der Waals surface area contributed by atoms with Crippen molar-refractivity contribution >= 4 is 5.71 Å². The van der Waals surface area contributed by atoms with E-state index in [1.807, 2.05) is 19.2 Å². The van der Waals surface area contributed by atoms with Crippen molar-refractivity contribution in [2.24, 2.45) is 16.8 Å². The summed E-state index contributed by atoms with van der Waals surface area (Å²) in [5.74, 6) is 1.70. The predicted molar refractivity (Wildman–Crippen MR) is 80.4 cm³/mol. The first-order chi connectivity index (χ1) is 9.76. The van der Waals surface area contributed by atoms with E-state index in [1.54, 1.807) is 6.07 Å². The van der Waals surface area contributed by atoms with E-state index < -0.39 is 0 Å². The third kappa shape index (κ3) is 2.88. The van der Waals surface area contributed by atoms with E-state index in [0.717, 1.165) is 25.3 Å². The number of ether oxygens (including phenoxy) is 1. The molecule has 1 fully saturated rings. The maximum Gasteiger partial charge on any atom is 0.115 e. The molecule has 0 spiro atoms. The minimum absolute atomic E-state index is 0.346. The monoisotopic (exact) mass is 273 g/mol. The summed E-state index contributed by atoms with van der Waals surface area (Å²) in [5, 5.41) is 9.59. The zero-order valence-electron chi connectivity index (χ0n) is 12.1. The fourth-order valence-corrected chi connectivity index (χ4v) is 3.75. The molecule has 108 valence electrons. The number of rotatable bonds is 3. The van der Waals surface area contributed by atoms with Crippen LogP contribution in [-0.2, 0) is 11.2 Å². The topological polar surface area (TPSA) is 41.8 Å². The van der Waals surface area contributed by atoms with Gasteiger partial charge in [-0.2, -0.15) is 0 Å². The van der Waals surface area contributed by atoms with Crippen LogP contribution in [0.3, 0.4) is 0 Å². The summed E-state index contributed by atoms with van der Waals surface area (Å²) in [6.07, 6.45) is 6.05. The van der Waals surface area contributed by atoms with E-state index in [1.165, 1.54) is 30.5 Å². The Kier molecular flexibility index (Phi) is 4.06. The largest absolute Gasteiger partial charge is 0.508 e. The first kappa shape index (κ1) is 13.6. The summed E-state index contributed by atoms with van der Waals surface area (Å²) in [5.41, 5.74) is 2.50. The van der Waals surface area contributed by atoms with Gasteiger partial charge in [0.2, 0.25) is 0 Å². The molecule has 0 saturated heterocycles. The number of hydrogen-bond donors (Lipinski definition) is 1. The number of phenolic OH excluding ortho intramolecular Hbond substituents is 1. The number of aliphatic imine (C=N–C) groups is 1. The highest BCUT2D eigenvalue weighted by Crippen LogP contribution is 2.37. The van der Waals surface area contributed by atoms with Crippen molar-refractivity contribution in [3.05, 3.63) is 29.8 Å². The Balaban J connectivity index is 1.72. The van der Waals surface area contributed by atoms with Crippen LogP contribution in [0.1, 0.15) is 31.2 Å². The summed E-state index contributed by atoms with van der Waals surface area (Å²) < 4.78 is 5.54. The molecule has 20 heavy (non-hydrogen) atoms. The molecule has 1 heterocycles. The van der Waals surface area contributed by atoms with Gasteiger partial charge in [-0.15, -0.1) is 0 Å². The van der Waals surface area contributed by atoms with E-state index in [2.05, 4.69) is 6.07 Å². The van der Waals surface area contributed by atoms with Gasteiger partial charge in [-0.1, -0.05) is 12.1 Å². The van der Waals surface area contributed by atoms with Gasteiger partial charge in [0, 0.05) is 31.7 Å². The predicted octanol–water partition coefficient (Wildman–Crippen LogP) is 3.21. The minimum Gasteiger partial charge on any atom is -0.508 e. The van der Waals surface area contributed by atoms with Gasteiger partial charge in [0.05, 0.1) is 6.10 Å². The Bertz CT molecular complexity index is 498. The normalized spacial score (nSPS) is 29.6. The standard InChI is InChI=1S/C17H23NO2/c1-20-15-5-6-16-13(11-15)7-8-18-17(16)10-12-3-2-4-14(19)9-12/h2-4,9,13,15-16,19H,5-8,10-11H2,1H3. The molecule has 1 saturated carbocycles. The molecule has 1 aliphatic heterocycles. The van der Waals surface area contributed by atoms with E-state index in [4.69, 9.17) is 9.73 Å². The van der Waals surface area contributed by atoms with Gasteiger partial charge in [-0.05, 0) is 49.3 Å². The minimum atomic E-state index is 0.346. The molecular formula is C17H23NO2. The molecule has 0 bridgehead atoms. The molecule has 0 radical (unpaired) electrons. The molecule has 3 heteroatoms. The zero-order valence-corrected chi connectivity index (χ0v) is 12.1. The lowest BCUT2D eigenvalue weighted by Gasteiger charge is -2.38. The number of hydrogen-bond acceptors (Lipinski definition) is 3.